The van der Waals surface area contributed by atoms with Crippen LogP contribution in [0.1, 0.15) is 43.9 Å². The summed E-state index contributed by atoms with van der Waals surface area (Å²) in [6.07, 6.45) is 8.90. The maximum absolute atomic E-state index is 12.9. The number of carbonyl (C=O) groups is 1. The zero-order chi connectivity index (χ0) is 20.9. The third kappa shape index (κ3) is 4.93. The SMILES string of the molecule is Cc1ccn(CC(C)NCc2cn(CC(=O)N3CCCCCC3)c3ccccc23)n1. The molecule has 6 heteroatoms. The number of fused-ring (bicyclic) bond motifs is 1. The number of aryl methyl sites for hydroxylation is 1. The number of aromatic nitrogens is 3. The Hall–Kier alpha value is -2.60. The van der Waals surface area contributed by atoms with Crippen LogP contribution in [0.25, 0.3) is 10.9 Å². The lowest BCUT2D eigenvalue weighted by molar-refractivity contribution is -0.131. The average Bonchev–Trinajstić information content (AvgIpc) is 3.17. The second-order valence-corrected chi connectivity index (χ2v) is 8.56. The summed E-state index contributed by atoms with van der Waals surface area (Å²) in [7, 11) is 0. The Bertz CT molecular complexity index is 981. The quantitative estimate of drug-likeness (QED) is 0.649. The topological polar surface area (TPSA) is 55.1 Å². The molecule has 160 valence electrons. The number of nitrogens with zero attached hydrogens (tertiary/aromatic N) is 4. The first-order valence-electron chi connectivity index (χ1n) is 11.2. The molecular weight excluding hydrogens is 374 g/mol. The van der Waals surface area contributed by atoms with Crippen molar-refractivity contribution in [3.05, 3.63) is 54.0 Å². The standard InChI is InChI=1S/C24H33N5O/c1-19-11-14-29(26-19)16-20(2)25-15-21-17-28(23-10-6-5-9-22(21)23)18-24(30)27-12-7-3-4-8-13-27/h5-6,9-11,14,17,20,25H,3-4,7-8,12-13,15-16,18H2,1-2H3. The summed E-state index contributed by atoms with van der Waals surface area (Å²) in [6.45, 7) is 8.01. The van der Waals surface area contributed by atoms with E-state index in [1.807, 2.05) is 28.8 Å². The molecule has 6 nitrogen and oxygen atoms in total. The minimum absolute atomic E-state index is 0.236. The monoisotopic (exact) mass is 407 g/mol. The predicted octanol–water partition coefficient (Wildman–Crippen LogP) is 3.73. The third-order valence-electron chi connectivity index (χ3n) is 6.01. The molecule has 1 amide bonds. The third-order valence-corrected chi connectivity index (χ3v) is 6.01. The molecule has 1 aromatic carbocycles. The highest BCUT2D eigenvalue weighted by molar-refractivity contribution is 5.86. The van der Waals surface area contributed by atoms with Gasteiger partial charge in [0.05, 0.1) is 12.2 Å². The van der Waals surface area contributed by atoms with Crippen LogP contribution in [0.5, 0.6) is 0 Å². The number of rotatable bonds is 7. The molecule has 30 heavy (non-hydrogen) atoms. The average molecular weight is 408 g/mol. The van der Waals surface area contributed by atoms with Crippen molar-refractivity contribution in [1.29, 1.82) is 0 Å². The normalized spacial score (nSPS) is 16.0. The molecular formula is C24H33N5O. The first-order valence-corrected chi connectivity index (χ1v) is 11.2. The van der Waals surface area contributed by atoms with Gasteiger partial charge in [0.1, 0.15) is 6.54 Å². The smallest absolute Gasteiger partial charge is 0.242 e. The van der Waals surface area contributed by atoms with Crippen LogP contribution >= 0.6 is 0 Å². The van der Waals surface area contributed by atoms with Crippen molar-refractivity contribution in [2.24, 2.45) is 0 Å². The van der Waals surface area contributed by atoms with Crippen LogP contribution in [0.15, 0.2) is 42.7 Å². The maximum Gasteiger partial charge on any atom is 0.242 e. The van der Waals surface area contributed by atoms with Gasteiger partial charge in [-0.25, -0.2) is 0 Å². The summed E-state index contributed by atoms with van der Waals surface area (Å²) >= 11 is 0. The van der Waals surface area contributed by atoms with Gasteiger partial charge in [0.2, 0.25) is 5.91 Å². The Morgan fingerprint density at radius 3 is 2.63 bits per heavy atom. The molecule has 3 aromatic rings. The van der Waals surface area contributed by atoms with Crippen LogP contribution in [0.4, 0.5) is 0 Å². The first kappa shape index (κ1) is 20.7. The van der Waals surface area contributed by atoms with E-state index in [2.05, 4.69) is 52.4 Å². The molecule has 0 bridgehead atoms. The Kier molecular flexibility index (Phi) is 6.53. The van der Waals surface area contributed by atoms with Crippen molar-refractivity contribution in [3.63, 3.8) is 0 Å². The van der Waals surface area contributed by atoms with E-state index in [4.69, 9.17) is 0 Å². The molecule has 1 saturated heterocycles. The molecule has 4 rings (SSSR count). The maximum atomic E-state index is 12.9. The van der Waals surface area contributed by atoms with Gasteiger partial charge in [-0.15, -0.1) is 0 Å². The molecule has 2 aromatic heterocycles. The van der Waals surface area contributed by atoms with Gasteiger partial charge in [-0.05, 0) is 44.4 Å². The highest BCUT2D eigenvalue weighted by Gasteiger charge is 2.18. The van der Waals surface area contributed by atoms with E-state index in [9.17, 15) is 4.79 Å². The molecule has 1 fully saturated rings. The van der Waals surface area contributed by atoms with Crippen LogP contribution in [0.2, 0.25) is 0 Å². The molecule has 0 spiro atoms. The summed E-state index contributed by atoms with van der Waals surface area (Å²) in [6, 6.07) is 10.7. The number of hydrogen-bond donors (Lipinski definition) is 1. The fourth-order valence-corrected chi connectivity index (χ4v) is 4.35. The molecule has 1 unspecified atom stereocenters. The van der Waals surface area contributed by atoms with Gasteiger partial charge in [-0.1, -0.05) is 31.0 Å². The van der Waals surface area contributed by atoms with Gasteiger partial charge in [-0.2, -0.15) is 5.10 Å². The van der Waals surface area contributed by atoms with E-state index in [-0.39, 0.29) is 5.91 Å². The largest absolute Gasteiger partial charge is 0.341 e. The lowest BCUT2D eigenvalue weighted by atomic mass is 10.1. The Labute approximate surface area is 178 Å². The lowest BCUT2D eigenvalue weighted by Crippen LogP contribution is -2.34. The Morgan fingerprint density at radius 1 is 1.13 bits per heavy atom. The number of nitrogens with one attached hydrogen (secondary N) is 1. The second-order valence-electron chi connectivity index (χ2n) is 8.56. The minimum Gasteiger partial charge on any atom is -0.341 e. The van der Waals surface area contributed by atoms with Crippen LogP contribution in [-0.4, -0.2) is 44.3 Å². The Balaban J connectivity index is 1.44. The van der Waals surface area contributed by atoms with Gasteiger partial charge in [0.15, 0.2) is 0 Å². The number of hydrogen-bond acceptors (Lipinski definition) is 3. The van der Waals surface area contributed by atoms with Crippen molar-refractivity contribution in [1.82, 2.24) is 24.6 Å². The fraction of sp³-hybridized carbons (Fsp3) is 0.500. The summed E-state index contributed by atoms with van der Waals surface area (Å²) in [5.74, 6) is 0.236. The van der Waals surface area contributed by atoms with Crippen LogP contribution in [0, 0.1) is 6.92 Å². The van der Waals surface area contributed by atoms with Crippen LogP contribution < -0.4 is 5.32 Å². The van der Waals surface area contributed by atoms with E-state index >= 15 is 0 Å². The molecule has 1 N–H and O–H groups in total. The minimum atomic E-state index is 0.236. The molecule has 0 saturated carbocycles. The van der Waals surface area contributed by atoms with Crippen molar-refractivity contribution in [3.8, 4) is 0 Å². The highest BCUT2D eigenvalue weighted by Crippen LogP contribution is 2.22. The molecule has 3 heterocycles. The highest BCUT2D eigenvalue weighted by atomic mass is 16.2. The summed E-state index contributed by atoms with van der Waals surface area (Å²) in [5.41, 5.74) is 3.41. The molecule has 1 aliphatic heterocycles. The number of amides is 1. The van der Waals surface area contributed by atoms with Gasteiger partial charge in [0, 0.05) is 49.0 Å². The number of likely N-dealkylation sites (tertiary alicyclic amines) is 1. The number of benzene rings is 1. The van der Waals surface area contributed by atoms with Crippen molar-refractivity contribution >= 4 is 16.8 Å². The van der Waals surface area contributed by atoms with E-state index in [1.54, 1.807) is 0 Å². The van der Waals surface area contributed by atoms with Gasteiger partial charge >= 0.3 is 0 Å². The molecule has 1 aliphatic rings. The van der Waals surface area contributed by atoms with Crippen molar-refractivity contribution in [2.45, 2.75) is 65.2 Å². The second kappa shape index (κ2) is 9.47. The number of carbonyl (C=O) groups excluding carboxylic acids is 1. The molecule has 0 radical (unpaired) electrons. The molecule has 0 aliphatic carbocycles. The summed E-state index contributed by atoms with van der Waals surface area (Å²) in [5, 5.41) is 9.31. The van der Waals surface area contributed by atoms with Crippen LogP contribution in [0.3, 0.4) is 0 Å². The van der Waals surface area contributed by atoms with E-state index < -0.39 is 0 Å². The van der Waals surface area contributed by atoms with E-state index in [0.717, 1.165) is 50.2 Å². The van der Waals surface area contributed by atoms with Gasteiger partial charge in [0.25, 0.3) is 0 Å². The van der Waals surface area contributed by atoms with E-state index in [1.165, 1.54) is 23.8 Å². The zero-order valence-corrected chi connectivity index (χ0v) is 18.2. The molecule has 1 atom stereocenters. The van der Waals surface area contributed by atoms with Crippen LogP contribution in [-0.2, 0) is 24.4 Å². The number of para-hydroxylation sites is 1. The zero-order valence-electron chi connectivity index (χ0n) is 18.2. The van der Waals surface area contributed by atoms with Gasteiger partial charge in [-0.3, -0.25) is 9.48 Å². The van der Waals surface area contributed by atoms with Crippen molar-refractivity contribution in [2.75, 3.05) is 13.1 Å². The van der Waals surface area contributed by atoms with Gasteiger partial charge < -0.3 is 14.8 Å². The van der Waals surface area contributed by atoms with E-state index in [0.29, 0.717) is 12.6 Å². The predicted molar refractivity (Wildman–Crippen MR) is 120 cm³/mol. The van der Waals surface area contributed by atoms with Crippen molar-refractivity contribution < 1.29 is 4.79 Å². The fourth-order valence-electron chi connectivity index (χ4n) is 4.35. The summed E-state index contributed by atoms with van der Waals surface area (Å²) in [4.78, 5) is 15.0. The first-order chi connectivity index (χ1) is 14.6. The Morgan fingerprint density at radius 2 is 1.90 bits per heavy atom. The summed E-state index contributed by atoms with van der Waals surface area (Å²) < 4.78 is 4.11. The lowest BCUT2D eigenvalue weighted by Gasteiger charge is -2.20.